The van der Waals surface area contributed by atoms with Gasteiger partial charge in [-0.2, -0.15) is 0 Å². The fourth-order valence-corrected chi connectivity index (χ4v) is 1.13. The lowest BCUT2D eigenvalue weighted by Crippen LogP contribution is -2.31. The summed E-state index contributed by atoms with van der Waals surface area (Å²) < 4.78 is 4.63. The Bertz CT molecular complexity index is 138. The number of halogens is 2. The topological polar surface area (TPSA) is 50.4 Å². The molecule has 2 N–H and O–H groups in total. The lowest BCUT2D eigenvalue weighted by molar-refractivity contribution is -0.144. The van der Waals surface area contributed by atoms with Crippen molar-refractivity contribution in [1.29, 1.82) is 0 Å². The van der Waals surface area contributed by atoms with Crippen molar-refractivity contribution in [1.82, 2.24) is 10.6 Å². The highest BCUT2D eigenvalue weighted by Crippen LogP contribution is 1.97. The third kappa shape index (κ3) is 5.31. The van der Waals surface area contributed by atoms with Crippen molar-refractivity contribution < 1.29 is 9.53 Å². The van der Waals surface area contributed by atoms with E-state index >= 15 is 0 Å². The molecule has 1 heterocycles. The average Bonchev–Trinajstić information content (AvgIpc) is 2.30. The predicted octanol–water partition coefficient (Wildman–Crippen LogP) is -0.188. The third-order valence-electron chi connectivity index (χ3n) is 1.79. The Morgan fingerprint density at radius 3 is 2.08 bits per heavy atom. The van der Waals surface area contributed by atoms with Crippen LogP contribution in [0.25, 0.3) is 0 Å². The monoisotopic (exact) mass is 230 g/mol. The summed E-state index contributed by atoms with van der Waals surface area (Å²) in [6.45, 7) is 3.29. The van der Waals surface area contributed by atoms with Crippen LogP contribution in [0.2, 0.25) is 0 Å². The molecule has 0 aromatic heterocycles. The lowest BCUT2D eigenvalue weighted by atomic mass is 10.1. The van der Waals surface area contributed by atoms with Crippen molar-refractivity contribution in [2.24, 2.45) is 5.92 Å². The highest BCUT2D eigenvalue weighted by Gasteiger charge is 2.19. The number of ether oxygens (including phenoxy) is 1. The second-order valence-corrected chi connectivity index (χ2v) is 2.63. The van der Waals surface area contributed by atoms with E-state index in [4.69, 9.17) is 0 Å². The van der Waals surface area contributed by atoms with E-state index < -0.39 is 0 Å². The first-order valence-electron chi connectivity index (χ1n) is 3.84. The van der Waals surface area contributed by atoms with E-state index in [0.717, 1.165) is 26.2 Å². The minimum atomic E-state index is -0.132. The zero-order valence-electron chi connectivity index (χ0n) is 7.54. The Labute approximate surface area is 90.6 Å². The molecule has 1 fully saturated rings. The zero-order valence-corrected chi connectivity index (χ0v) is 9.17. The number of esters is 1. The van der Waals surface area contributed by atoms with Gasteiger partial charge in [-0.25, -0.2) is 0 Å². The molecule has 1 saturated heterocycles. The molecule has 0 aliphatic carbocycles. The molecule has 0 atom stereocenters. The van der Waals surface area contributed by atoms with Crippen LogP contribution in [0, 0.1) is 5.92 Å². The maximum absolute atomic E-state index is 11.0. The molecule has 0 spiro atoms. The average molecular weight is 231 g/mol. The van der Waals surface area contributed by atoms with Crippen LogP contribution in [-0.2, 0) is 9.53 Å². The Morgan fingerprint density at radius 1 is 1.23 bits per heavy atom. The van der Waals surface area contributed by atoms with Gasteiger partial charge in [0.1, 0.15) is 0 Å². The number of carbonyl (C=O) groups is 1. The molecule has 4 nitrogen and oxygen atoms in total. The van der Waals surface area contributed by atoms with Gasteiger partial charge in [0.2, 0.25) is 0 Å². The molecular weight excluding hydrogens is 215 g/mol. The molecule has 0 saturated carbocycles. The molecule has 13 heavy (non-hydrogen) atoms. The molecule has 80 valence electrons. The molecule has 1 rings (SSSR count). The molecular formula is C7H16Cl2N2O2. The van der Waals surface area contributed by atoms with E-state index in [0.29, 0.717) is 0 Å². The smallest absolute Gasteiger partial charge is 0.311 e. The largest absolute Gasteiger partial charge is 0.469 e. The van der Waals surface area contributed by atoms with Crippen LogP contribution >= 0.6 is 24.8 Å². The van der Waals surface area contributed by atoms with Gasteiger partial charge in [0.15, 0.2) is 0 Å². The van der Waals surface area contributed by atoms with Crippen molar-refractivity contribution in [3.05, 3.63) is 0 Å². The molecule has 1 aliphatic rings. The molecule has 0 unspecified atom stereocenters. The summed E-state index contributed by atoms with van der Waals surface area (Å²) in [7, 11) is 1.42. The number of rotatable bonds is 1. The van der Waals surface area contributed by atoms with Gasteiger partial charge in [0, 0.05) is 26.2 Å². The van der Waals surface area contributed by atoms with Crippen molar-refractivity contribution in [2.45, 2.75) is 0 Å². The van der Waals surface area contributed by atoms with E-state index in [1.807, 2.05) is 0 Å². The van der Waals surface area contributed by atoms with E-state index in [9.17, 15) is 4.79 Å². The van der Waals surface area contributed by atoms with Crippen molar-refractivity contribution >= 4 is 30.8 Å². The van der Waals surface area contributed by atoms with Crippen molar-refractivity contribution in [3.8, 4) is 0 Å². The van der Waals surface area contributed by atoms with Gasteiger partial charge in [-0.15, -0.1) is 24.8 Å². The summed E-state index contributed by atoms with van der Waals surface area (Å²) in [5.74, 6) is -0.158. The van der Waals surface area contributed by atoms with E-state index in [1.165, 1.54) is 7.11 Å². The minimum Gasteiger partial charge on any atom is -0.469 e. The SMILES string of the molecule is COC(=O)C1CNCCNC1.Cl.Cl. The molecule has 0 bridgehead atoms. The molecule has 0 amide bonds. The van der Waals surface area contributed by atoms with E-state index in [1.54, 1.807) is 0 Å². The maximum Gasteiger partial charge on any atom is 0.311 e. The number of nitrogens with one attached hydrogen (secondary N) is 2. The third-order valence-corrected chi connectivity index (χ3v) is 1.79. The van der Waals surface area contributed by atoms with Crippen LogP contribution in [-0.4, -0.2) is 39.3 Å². The predicted molar refractivity (Wildman–Crippen MR) is 55.7 cm³/mol. The van der Waals surface area contributed by atoms with E-state index in [-0.39, 0.29) is 36.7 Å². The fourth-order valence-electron chi connectivity index (χ4n) is 1.13. The van der Waals surface area contributed by atoms with Crippen molar-refractivity contribution in [3.63, 3.8) is 0 Å². The first-order chi connectivity index (χ1) is 5.34. The number of methoxy groups -OCH3 is 1. The van der Waals surface area contributed by atoms with Gasteiger partial charge >= 0.3 is 5.97 Å². The molecule has 0 radical (unpaired) electrons. The first-order valence-corrected chi connectivity index (χ1v) is 3.84. The molecule has 0 aromatic carbocycles. The fraction of sp³-hybridized carbons (Fsp3) is 0.857. The maximum atomic E-state index is 11.0. The van der Waals surface area contributed by atoms with Gasteiger partial charge < -0.3 is 15.4 Å². The van der Waals surface area contributed by atoms with Crippen LogP contribution in [0.5, 0.6) is 0 Å². The van der Waals surface area contributed by atoms with E-state index in [2.05, 4.69) is 15.4 Å². The minimum absolute atomic E-state index is 0. The van der Waals surface area contributed by atoms with Gasteiger partial charge in [0.05, 0.1) is 13.0 Å². The summed E-state index contributed by atoms with van der Waals surface area (Å²) in [6, 6.07) is 0. The van der Waals surface area contributed by atoms with Gasteiger partial charge in [-0.3, -0.25) is 4.79 Å². The summed E-state index contributed by atoms with van der Waals surface area (Å²) >= 11 is 0. The van der Waals surface area contributed by atoms with Crippen LogP contribution in [0.1, 0.15) is 0 Å². The lowest BCUT2D eigenvalue weighted by Gasteiger charge is -2.10. The normalized spacial score (nSPS) is 17.6. The Balaban J connectivity index is 0. The van der Waals surface area contributed by atoms with Crippen LogP contribution < -0.4 is 10.6 Å². The Morgan fingerprint density at radius 2 is 1.69 bits per heavy atom. The molecule has 1 aliphatic heterocycles. The summed E-state index contributed by atoms with van der Waals surface area (Å²) in [5.41, 5.74) is 0. The van der Waals surface area contributed by atoms with Gasteiger partial charge in [-0.05, 0) is 0 Å². The number of hydrogen-bond donors (Lipinski definition) is 2. The van der Waals surface area contributed by atoms with Crippen LogP contribution in [0.4, 0.5) is 0 Å². The highest BCUT2D eigenvalue weighted by molar-refractivity contribution is 5.85. The second-order valence-electron chi connectivity index (χ2n) is 2.63. The number of hydrogen-bond acceptors (Lipinski definition) is 4. The Kier molecular flexibility index (Phi) is 10.2. The second kappa shape index (κ2) is 8.56. The standard InChI is InChI=1S/C7H14N2O2.2ClH/c1-11-7(10)6-4-8-2-3-9-5-6;;/h6,8-9H,2-5H2,1H3;2*1H. The summed E-state index contributed by atoms with van der Waals surface area (Å²) in [5, 5.41) is 6.30. The molecule has 6 heteroatoms. The molecule has 0 aromatic rings. The van der Waals surface area contributed by atoms with Crippen molar-refractivity contribution in [2.75, 3.05) is 33.3 Å². The highest BCUT2D eigenvalue weighted by atomic mass is 35.5. The van der Waals surface area contributed by atoms with Crippen LogP contribution in [0.15, 0.2) is 0 Å². The van der Waals surface area contributed by atoms with Crippen LogP contribution in [0.3, 0.4) is 0 Å². The number of carbonyl (C=O) groups excluding carboxylic acids is 1. The quantitative estimate of drug-likeness (QED) is 0.614. The summed E-state index contributed by atoms with van der Waals surface area (Å²) in [4.78, 5) is 11.0. The summed E-state index contributed by atoms with van der Waals surface area (Å²) in [6.07, 6.45) is 0. The van der Waals surface area contributed by atoms with Gasteiger partial charge in [0.25, 0.3) is 0 Å². The first kappa shape index (κ1) is 15.4. The Hall–Kier alpha value is -0.0300. The zero-order chi connectivity index (χ0) is 8.10. The van der Waals surface area contributed by atoms with Gasteiger partial charge in [-0.1, -0.05) is 0 Å².